The summed E-state index contributed by atoms with van der Waals surface area (Å²) in [5, 5.41) is 10.4. The van der Waals surface area contributed by atoms with Gasteiger partial charge in [-0.3, -0.25) is 0 Å². The highest BCUT2D eigenvalue weighted by atomic mass is 16.3. The van der Waals surface area contributed by atoms with Crippen LogP contribution in [0, 0.1) is 0 Å². The molecule has 0 unspecified atom stereocenters. The molecule has 43 heavy (non-hydrogen) atoms. The first-order valence-electron chi connectivity index (χ1n) is 14.6. The fraction of sp³-hybridized carbons (Fsp3) is 0. The molecule has 0 fully saturated rings. The summed E-state index contributed by atoms with van der Waals surface area (Å²) in [6.45, 7) is 0. The van der Waals surface area contributed by atoms with Gasteiger partial charge in [0.1, 0.15) is 22.3 Å². The Labute approximate surface area is 245 Å². The highest BCUT2D eigenvalue weighted by Crippen LogP contribution is 2.44. The van der Waals surface area contributed by atoms with E-state index in [0.29, 0.717) is 0 Å². The van der Waals surface area contributed by atoms with E-state index in [-0.39, 0.29) is 0 Å². The van der Waals surface area contributed by atoms with Gasteiger partial charge in [-0.2, -0.15) is 0 Å². The van der Waals surface area contributed by atoms with Gasteiger partial charge < -0.3 is 13.4 Å². The van der Waals surface area contributed by atoms with Gasteiger partial charge in [0.25, 0.3) is 0 Å². The maximum Gasteiger partial charge on any atom is 0.143 e. The van der Waals surface area contributed by atoms with Gasteiger partial charge in [0.05, 0.1) is 5.52 Å². The van der Waals surface area contributed by atoms with Crippen molar-refractivity contribution >= 4 is 76.3 Å². The van der Waals surface area contributed by atoms with E-state index in [9.17, 15) is 0 Å². The van der Waals surface area contributed by atoms with Crippen LogP contribution in [0.15, 0.2) is 148 Å². The molecule has 200 valence electrons. The van der Waals surface area contributed by atoms with Crippen molar-refractivity contribution in [2.24, 2.45) is 0 Å². The van der Waals surface area contributed by atoms with Gasteiger partial charge >= 0.3 is 0 Å². The van der Waals surface area contributed by atoms with Crippen LogP contribution in [-0.2, 0) is 0 Å². The van der Waals surface area contributed by atoms with Gasteiger partial charge in [-0.1, -0.05) is 66.7 Å². The Morgan fingerprint density at radius 3 is 2.02 bits per heavy atom. The predicted molar refractivity (Wildman–Crippen MR) is 178 cm³/mol. The van der Waals surface area contributed by atoms with Crippen LogP contribution in [0.1, 0.15) is 0 Å². The fourth-order valence-electron chi connectivity index (χ4n) is 6.99. The highest BCUT2D eigenvalue weighted by molar-refractivity contribution is 6.27. The van der Waals surface area contributed by atoms with E-state index in [1.54, 1.807) is 0 Å². The van der Waals surface area contributed by atoms with Crippen LogP contribution in [0.2, 0.25) is 0 Å². The number of rotatable bonds is 2. The van der Waals surface area contributed by atoms with E-state index >= 15 is 0 Å². The normalized spacial score (nSPS) is 12.2. The van der Waals surface area contributed by atoms with Crippen LogP contribution in [0.25, 0.3) is 93.1 Å². The van der Waals surface area contributed by atoms with Crippen molar-refractivity contribution in [3.8, 4) is 16.8 Å². The summed E-state index contributed by atoms with van der Waals surface area (Å²) in [6.07, 6.45) is 2.16. The van der Waals surface area contributed by atoms with Crippen LogP contribution in [0.3, 0.4) is 0 Å². The summed E-state index contributed by atoms with van der Waals surface area (Å²) in [7, 11) is 0. The molecule has 3 aromatic heterocycles. The lowest BCUT2D eigenvalue weighted by atomic mass is 9.91. The zero-order chi connectivity index (χ0) is 28.1. The first-order valence-corrected chi connectivity index (χ1v) is 14.6. The maximum atomic E-state index is 6.65. The summed E-state index contributed by atoms with van der Waals surface area (Å²) < 4.78 is 15.1. The molecule has 0 aliphatic heterocycles. The minimum atomic E-state index is 0.900. The molecule has 0 radical (unpaired) electrons. The molecule has 10 rings (SSSR count). The van der Waals surface area contributed by atoms with Gasteiger partial charge in [-0.05, 0) is 94.0 Å². The summed E-state index contributed by atoms with van der Waals surface area (Å²) in [5.74, 6) is 0. The van der Waals surface area contributed by atoms with Crippen molar-refractivity contribution in [3.05, 3.63) is 140 Å². The molecule has 0 aliphatic carbocycles. The van der Waals surface area contributed by atoms with Crippen molar-refractivity contribution in [2.75, 3.05) is 0 Å². The Morgan fingerprint density at radius 2 is 1.16 bits per heavy atom. The lowest BCUT2D eigenvalue weighted by Crippen LogP contribution is -1.91. The third-order valence-electron chi connectivity index (χ3n) is 8.99. The summed E-state index contributed by atoms with van der Waals surface area (Å²) >= 11 is 0. The van der Waals surface area contributed by atoms with Gasteiger partial charge in [0, 0.05) is 44.2 Å². The summed E-state index contributed by atoms with van der Waals surface area (Å²) in [5.41, 5.74) is 8.30. The number of hydrogen-bond donors (Lipinski definition) is 0. The molecule has 0 N–H and O–H groups in total. The maximum absolute atomic E-state index is 6.65. The smallest absolute Gasteiger partial charge is 0.143 e. The Kier molecular flexibility index (Phi) is 4.45. The van der Waals surface area contributed by atoms with Crippen LogP contribution in [-0.4, -0.2) is 4.57 Å². The van der Waals surface area contributed by atoms with Crippen LogP contribution in [0.4, 0.5) is 0 Å². The van der Waals surface area contributed by atoms with E-state index in [1.165, 1.54) is 32.6 Å². The largest absolute Gasteiger partial charge is 0.456 e. The van der Waals surface area contributed by atoms with Crippen molar-refractivity contribution in [3.63, 3.8) is 0 Å². The number of nitrogens with zero attached hydrogens (tertiary/aromatic N) is 1. The zero-order valence-electron chi connectivity index (χ0n) is 23.0. The lowest BCUT2D eigenvalue weighted by molar-refractivity contribution is 0.669. The third kappa shape index (κ3) is 3.19. The minimum absolute atomic E-state index is 0.900. The molecular weight excluding hydrogens is 526 g/mol. The second-order valence-electron chi connectivity index (χ2n) is 11.3. The number of hydrogen-bond acceptors (Lipinski definition) is 2. The number of para-hydroxylation sites is 3. The molecule has 0 spiro atoms. The van der Waals surface area contributed by atoms with Crippen molar-refractivity contribution in [1.82, 2.24) is 4.57 Å². The lowest BCUT2D eigenvalue weighted by Gasteiger charge is -2.13. The van der Waals surface area contributed by atoms with Gasteiger partial charge in [0.15, 0.2) is 0 Å². The zero-order valence-corrected chi connectivity index (χ0v) is 23.0. The Balaban J connectivity index is 1.35. The molecule has 0 saturated carbocycles. The SMILES string of the molecule is c1ccc(-n2ccc3cc4c(cc(-c5ccc6oc7ccccc7c6c5)c5ccc6c7ccccc7oc6c54)cc32)cc1. The molecule has 7 aromatic carbocycles. The topological polar surface area (TPSA) is 31.2 Å². The quantitative estimate of drug-likeness (QED) is 0.201. The van der Waals surface area contributed by atoms with E-state index in [0.717, 1.165) is 60.5 Å². The second-order valence-corrected chi connectivity index (χ2v) is 11.3. The Hall–Kier alpha value is -5.80. The van der Waals surface area contributed by atoms with Gasteiger partial charge in [0.2, 0.25) is 0 Å². The van der Waals surface area contributed by atoms with Gasteiger partial charge in [-0.15, -0.1) is 0 Å². The number of fused-ring (bicyclic) bond motifs is 11. The molecule has 3 heteroatoms. The summed E-state index contributed by atoms with van der Waals surface area (Å²) in [6, 6.07) is 47.4. The van der Waals surface area contributed by atoms with E-state index < -0.39 is 0 Å². The molecule has 0 aliphatic rings. The van der Waals surface area contributed by atoms with Gasteiger partial charge in [-0.25, -0.2) is 0 Å². The monoisotopic (exact) mass is 549 g/mol. The first-order chi connectivity index (χ1) is 21.3. The van der Waals surface area contributed by atoms with E-state index in [1.807, 2.05) is 18.2 Å². The fourth-order valence-corrected chi connectivity index (χ4v) is 6.99. The molecule has 0 bridgehead atoms. The van der Waals surface area contributed by atoms with Crippen molar-refractivity contribution < 1.29 is 8.83 Å². The Bertz CT molecular complexity index is 2720. The molecule has 0 amide bonds. The molecule has 3 nitrogen and oxygen atoms in total. The average Bonchev–Trinajstić information content (AvgIpc) is 3.76. The Morgan fingerprint density at radius 1 is 0.442 bits per heavy atom. The molecule has 0 atom stereocenters. The predicted octanol–water partition coefficient (Wildman–Crippen LogP) is 11.4. The van der Waals surface area contributed by atoms with E-state index in [4.69, 9.17) is 8.83 Å². The van der Waals surface area contributed by atoms with Crippen LogP contribution >= 0.6 is 0 Å². The number of benzene rings is 7. The molecular formula is C40H23NO2. The molecule has 3 heterocycles. The number of furan rings is 2. The summed E-state index contributed by atoms with van der Waals surface area (Å²) in [4.78, 5) is 0. The minimum Gasteiger partial charge on any atom is -0.456 e. The van der Waals surface area contributed by atoms with Crippen molar-refractivity contribution in [1.29, 1.82) is 0 Å². The molecule has 10 aromatic rings. The van der Waals surface area contributed by atoms with Crippen LogP contribution in [0.5, 0.6) is 0 Å². The number of aromatic nitrogens is 1. The van der Waals surface area contributed by atoms with Crippen LogP contribution < -0.4 is 0 Å². The highest BCUT2D eigenvalue weighted by Gasteiger charge is 2.18. The average molecular weight is 550 g/mol. The first kappa shape index (κ1) is 22.8. The van der Waals surface area contributed by atoms with E-state index in [2.05, 4.69) is 126 Å². The molecule has 0 saturated heterocycles. The third-order valence-corrected chi connectivity index (χ3v) is 8.99. The second kappa shape index (κ2) is 8.37. The standard InChI is InChI=1S/C40H23NO2/c1-2-8-27(9-3-1)41-19-18-25-21-33-26(23-35(25)41)22-32(24-14-17-38-34(20-24)29-11-5-6-12-36(29)42-38)30-15-16-31-28-10-4-7-13-37(28)43-40(31)39(30)33/h1-23H. The van der Waals surface area contributed by atoms with Crippen molar-refractivity contribution in [2.45, 2.75) is 0 Å².